The zero-order valence-corrected chi connectivity index (χ0v) is 7.90. The Morgan fingerprint density at radius 2 is 2.00 bits per heavy atom. The number of hydrogen-bond acceptors (Lipinski definition) is 3. The minimum absolute atomic E-state index is 0.729. The maximum atomic E-state index is 5.07. The maximum Gasteiger partial charge on any atom is 0.111 e. The second-order valence-corrected chi connectivity index (χ2v) is 3.50. The van der Waals surface area contributed by atoms with Crippen LogP contribution in [0.4, 0.5) is 0 Å². The van der Waals surface area contributed by atoms with Crippen molar-refractivity contribution in [2.75, 3.05) is 27.2 Å². The van der Waals surface area contributed by atoms with Crippen molar-refractivity contribution in [3.8, 4) is 0 Å². The highest BCUT2D eigenvalue weighted by Gasteiger charge is 2.18. The van der Waals surface area contributed by atoms with Gasteiger partial charge in [0.05, 0.1) is 0 Å². The van der Waals surface area contributed by atoms with Gasteiger partial charge in [-0.3, -0.25) is 0 Å². The van der Waals surface area contributed by atoms with Gasteiger partial charge in [-0.25, -0.2) is 0 Å². The first-order chi connectivity index (χ1) is 5.74. The third-order valence-electron chi connectivity index (χ3n) is 2.46. The Labute approximate surface area is 74.0 Å². The van der Waals surface area contributed by atoms with Crippen molar-refractivity contribution in [2.24, 2.45) is 10.9 Å². The van der Waals surface area contributed by atoms with E-state index in [4.69, 9.17) is 5.84 Å². The molecule has 0 aromatic heterocycles. The Morgan fingerprint density at radius 1 is 1.42 bits per heavy atom. The first kappa shape index (κ1) is 9.32. The number of piperidine rings is 1. The average molecular weight is 170 g/mol. The summed E-state index contributed by atoms with van der Waals surface area (Å²) in [6.45, 7) is 2.15. The normalized spacial score (nSPS) is 21.1. The van der Waals surface area contributed by atoms with E-state index in [0.717, 1.165) is 19.1 Å². The van der Waals surface area contributed by atoms with Gasteiger partial charge in [0.2, 0.25) is 0 Å². The van der Waals surface area contributed by atoms with Gasteiger partial charge in [0.25, 0.3) is 0 Å². The highest BCUT2D eigenvalue weighted by molar-refractivity contribution is 5.54. The summed E-state index contributed by atoms with van der Waals surface area (Å²) in [6.07, 6.45) is 4.14. The van der Waals surface area contributed by atoms with Crippen LogP contribution in [0.1, 0.15) is 12.8 Å². The molecule has 1 aliphatic rings. The SMILES string of the molecule is CN(C)C1CCN(C=NN)CC1. The quantitative estimate of drug-likeness (QED) is 0.273. The molecule has 0 atom stereocenters. The van der Waals surface area contributed by atoms with E-state index in [2.05, 4.69) is 29.0 Å². The number of hydrazone groups is 1. The Morgan fingerprint density at radius 3 is 2.42 bits per heavy atom. The van der Waals surface area contributed by atoms with Crippen LogP contribution in [0.25, 0.3) is 0 Å². The summed E-state index contributed by atoms with van der Waals surface area (Å²) in [6, 6.07) is 0.729. The van der Waals surface area contributed by atoms with Crippen LogP contribution >= 0.6 is 0 Å². The molecule has 70 valence electrons. The molecule has 0 radical (unpaired) electrons. The van der Waals surface area contributed by atoms with Crippen LogP contribution in [-0.4, -0.2) is 49.4 Å². The summed E-state index contributed by atoms with van der Waals surface area (Å²) >= 11 is 0. The lowest BCUT2D eigenvalue weighted by molar-refractivity contribution is 0.194. The Bertz CT molecular complexity index is 147. The van der Waals surface area contributed by atoms with Crippen molar-refractivity contribution in [3.05, 3.63) is 0 Å². The lowest BCUT2D eigenvalue weighted by Crippen LogP contribution is -2.41. The zero-order chi connectivity index (χ0) is 8.97. The summed E-state index contributed by atoms with van der Waals surface area (Å²) in [7, 11) is 4.27. The second kappa shape index (κ2) is 4.30. The molecule has 1 aliphatic heterocycles. The topological polar surface area (TPSA) is 44.9 Å². The number of rotatable bonds is 2. The number of nitrogens with zero attached hydrogens (tertiary/aromatic N) is 3. The van der Waals surface area contributed by atoms with Gasteiger partial charge < -0.3 is 15.6 Å². The molecule has 12 heavy (non-hydrogen) atoms. The fourth-order valence-corrected chi connectivity index (χ4v) is 1.61. The van der Waals surface area contributed by atoms with Crippen molar-refractivity contribution in [1.82, 2.24) is 9.80 Å². The van der Waals surface area contributed by atoms with Crippen molar-refractivity contribution >= 4 is 6.34 Å². The van der Waals surface area contributed by atoms with Crippen LogP contribution in [0, 0.1) is 0 Å². The van der Waals surface area contributed by atoms with Gasteiger partial charge >= 0.3 is 0 Å². The van der Waals surface area contributed by atoms with Gasteiger partial charge in [-0.05, 0) is 26.9 Å². The number of nitrogens with two attached hydrogens (primary N) is 1. The predicted molar refractivity (Wildman–Crippen MR) is 51.0 cm³/mol. The van der Waals surface area contributed by atoms with Crippen molar-refractivity contribution in [3.63, 3.8) is 0 Å². The molecule has 1 rings (SSSR count). The largest absolute Gasteiger partial charge is 0.361 e. The Kier molecular flexibility index (Phi) is 3.34. The van der Waals surface area contributed by atoms with Crippen LogP contribution in [0.2, 0.25) is 0 Å². The van der Waals surface area contributed by atoms with E-state index in [9.17, 15) is 0 Å². The van der Waals surface area contributed by atoms with E-state index in [1.165, 1.54) is 12.8 Å². The minimum Gasteiger partial charge on any atom is -0.361 e. The molecule has 1 heterocycles. The third kappa shape index (κ3) is 2.37. The molecule has 4 heteroatoms. The van der Waals surface area contributed by atoms with Crippen LogP contribution in [0.3, 0.4) is 0 Å². The highest BCUT2D eigenvalue weighted by atomic mass is 15.2. The van der Waals surface area contributed by atoms with Gasteiger partial charge in [-0.1, -0.05) is 0 Å². The fourth-order valence-electron chi connectivity index (χ4n) is 1.61. The molecular weight excluding hydrogens is 152 g/mol. The zero-order valence-electron chi connectivity index (χ0n) is 7.90. The molecule has 4 nitrogen and oxygen atoms in total. The molecule has 0 spiro atoms. The van der Waals surface area contributed by atoms with Gasteiger partial charge in [0, 0.05) is 19.1 Å². The predicted octanol–water partition coefficient (Wildman–Crippen LogP) is -0.0856. The van der Waals surface area contributed by atoms with E-state index in [1.54, 1.807) is 6.34 Å². The molecule has 0 aromatic carbocycles. The summed E-state index contributed by atoms with van der Waals surface area (Å²) in [5.74, 6) is 5.07. The van der Waals surface area contributed by atoms with E-state index >= 15 is 0 Å². The molecule has 0 amide bonds. The minimum atomic E-state index is 0.729. The third-order valence-corrected chi connectivity index (χ3v) is 2.46. The average Bonchev–Trinajstić information content (AvgIpc) is 2.06. The lowest BCUT2D eigenvalue weighted by atomic mass is 10.1. The second-order valence-electron chi connectivity index (χ2n) is 3.50. The van der Waals surface area contributed by atoms with Gasteiger partial charge in [-0.15, -0.1) is 0 Å². The van der Waals surface area contributed by atoms with Gasteiger partial charge in [0.15, 0.2) is 0 Å². The fraction of sp³-hybridized carbons (Fsp3) is 0.875. The van der Waals surface area contributed by atoms with E-state index in [1.807, 2.05) is 0 Å². The van der Waals surface area contributed by atoms with Crippen LogP contribution in [-0.2, 0) is 0 Å². The summed E-state index contributed by atoms with van der Waals surface area (Å²) in [4.78, 5) is 4.46. The molecule has 0 bridgehead atoms. The van der Waals surface area contributed by atoms with Crippen LogP contribution in [0.5, 0.6) is 0 Å². The van der Waals surface area contributed by atoms with Crippen molar-refractivity contribution in [2.45, 2.75) is 18.9 Å². The first-order valence-electron chi connectivity index (χ1n) is 4.38. The molecule has 0 aliphatic carbocycles. The molecular formula is C8H18N4. The molecule has 0 saturated carbocycles. The van der Waals surface area contributed by atoms with Crippen LogP contribution < -0.4 is 5.84 Å². The van der Waals surface area contributed by atoms with Crippen molar-refractivity contribution < 1.29 is 0 Å². The molecule has 1 saturated heterocycles. The molecule has 2 N–H and O–H groups in total. The molecule has 1 fully saturated rings. The summed E-state index contributed by atoms with van der Waals surface area (Å²) in [5, 5.41) is 3.52. The van der Waals surface area contributed by atoms with E-state index in [-0.39, 0.29) is 0 Å². The highest BCUT2D eigenvalue weighted by Crippen LogP contribution is 2.12. The molecule has 0 aromatic rings. The number of hydrogen-bond donors (Lipinski definition) is 1. The maximum absolute atomic E-state index is 5.07. The van der Waals surface area contributed by atoms with Gasteiger partial charge in [0.1, 0.15) is 6.34 Å². The monoisotopic (exact) mass is 170 g/mol. The number of likely N-dealkylation sites (tertiary alicyclic amines) is 1. The van der Waals surface area contributed by atoms with Crippen LogP contribution in [0.15, 0.2) is 5.10 Å². The summed E-state index contributed by atoms with van der Waals surface area (Å²) < 4.78 is 0. The standard InChI is InChI=1S/C8H18N4/c1-11(2)8-3-5-12(6-4-8)7-10-9/h7-8H,3-6,9H2,1-2H3. The Balaban J connectivity index is 2.29. The van der Waals surface area contributed by atoms with E-state index < -0.39 is 0 Å². The van der Waals surface area contributed by atoms with E-state index in [0.29, 0.717) is 0 Å². The smallest absolute Gasteiger partial charge is 0.111 e. The lowest BCUT2D eigenvalue weighted by Gasteiger charge is -2.33. The molecule has 0 unspecified atom stereocenters. The first-order valence-corrected chi connectivity index (χ1v) is 4.38. The Hall–Kier alpha value is -0.770. The summed E-state index contributed by atoms with van der Waals surface area (Å²) in [5.41, 5.74) is 0. The van der Waals surface area contributed by atoms with Gasteiger partial charge in [-0.2, -0.15) is 5.10 Å². The van der Waals surface area contributed by atoms with Crippen molar-refractivity contribution in [1.29, 1.82) is 0 Å².